The standard InChI is InChI=1S/C26H29N7/c1-31(24-13-7-10-20-11-8-16-28-26(20)24)18-22-19-33(30-29-22)23-12-4-3-9-21(23)17-32(2)25-14-5-6-15-27-25/h3-6,8-9,11-12,14-16,19,24H,7,10,13,17-18H2,1-2H3. The average Bonchev–Trinajstić information content (AvgIpc) is 3.32. The zero-order valence-electron chi connectivity index (χ0n) is 19.2. The highest BCUT2D eigenvalue weighted by Crippen LogP contribution is 2.32. The monoisotopic (exact) mass is 439 g/mol. The van der Waals surface area contributed by atoms with Crippen LogP contribution in [0.25, 0.3) is 5.69 Å². The molecule has 1 atom stereocenters. The zero-order chi connectivity index (χ0) is 22.6. The Hall–Kier alpha value is -3.58. The van der Waals surface area contributed by atoms with E-state index < -0.39 is 0 Å². The van der Waals surface area contributed by atoms with E-state index in [1.165, 1.54) is 23.2 Å². The summed E-state index contributed by atoms with van der Waals surface area (Å²) in [6, 6.07) is 18.8. The van der Waals surface area contributed by atoms with E-state index in [0.717, 1.165) is 43.1 Å². The maximum absolute atomic E-state index is 4.69. The summed E-state index contributed by atoms with van der Waals surface area (Å²) >= 11 is 0. The number of benzene rings is 1. The van der Waals surface area contributed by atoms with Crippen LogP contribution in [0.4, 0.5) is 5.82 Å². The van der Waals surface area contributed by atoms with E-state index in [9.17, 15) is 0 Å². The minimum Gasteiger partial charge on any atom is -0.355 e. The molecule has 0 aliphatic heterocycles. The molecule has 0 spiro atoms. The first-order chi connectivity index (χ1) is 16.2. The number of aryl methyl sites for hydroxylation is 1. The fourth-order valence-electron chi connectivity index (χ4n) is 4.65. The minimum atomic E-state index is 0.319. The summed E-state index contributed by atoms with van der Waals surface area (Å²) in [6.45, 7) is 1.46. The summed E-state index contributed by atoms with van der Waals surface area (Å²) in [5.41, 5.74) is 5.73. The van der Waals surface area contributed by atoms with Crippen molar-refractivity contribution in [2.24, 2.45) is 0 Å². The van der Waals surface area contributed by atoms with Gasteiger partial charge in [-0.05, 0) is 61.7 Å². The first-order valence-electron chi connectivity index (χ1n) is 11.4. The van der Waals surface area contributed by atoms with E-state index in [-0.39, 0.29) is 0 Å². The van der Waals surface area contributed by atoms with Crippen LogP contribution in [-0.2, 0) is 19.5 Å². The lowest BCUT2D eigenvalue weighted by Gasteiger charge is -2.31. The second kappa shape index (κ2) is 9.50. The quantitative estimate of drug-likeness (QED) is 0.430. The van der Waals surface area contributed by atoms with E-state index in [1.807, 2.05) is 53.6 Å². The topological polar surface area (TPSA) is 63.0 Å². The van der Waals surface area contributed by atoms with Crippen molar-refractivity contribution >= 4 is 5.82 Å². The lowest BCUT2D eigenvalue weighted by atomic mass is 9.91. The summed E-state index contributed by atoms with van der Waals surface area (Å²) in [7, 11) is 4.21. The summed E-state index contributed by atoms with van der Waals surface area (Å²) < 4.78 is 1.89. The smallest absolute Gasteiger partial charge is 0.128 e. The van der Waals surface area contributed by atoms with Crippen LogP contribution >= 0.6 is 0 Å². The molecule has 0 bridgehead atoms. The molecule has 3 heterocycles. The zero-order valence-corrected chi connectivity index (χ0v) is 19.2. The van der Waals surface area contributed by atoms with Gasteiger partial charge in [0.1, 0.15) is 5.82 Å². The molecule has 5 rings (SSSR count). The van der Waals surface area contributed by atoms with Crippen molar-refractivity contribution in [3.05, 3.63) is 95.7 Å². The van der Waals surface area contributed by atoms with Gasteiger partial charge < -0.3 is 4.90 Å². The normalized spacial score (nSPS) is 15.4. The Bertz CT molecular complexity index is 1200. The van der Waals surface area contributed by atoms with Crippen LogP contribution in [0.3, 0.4) is 0 Å². The van der Waals surface area contributed by atoms with Crippen molar-refractivity contribution < 1.29 is 0 Å². The third-order valence-corrected chi connectivity index (χ3v) is 6.34. The van der Waals surface area contributed by atoms with E-state index in [2.05, 4.69) is 68.4 Å². The number of pyridine rings is 2. The molecule has 0 saturated carbocycles. The summed E-state index contributed by atoms with van der Waals surface area (Å²) in [6.07, 6.45) is 9.19. The van der Waals surface area contributed by atoms with Crippen molar-refractivity contribution in [3.8, 4) is 5.69 Å². The highest BCUT2D eigenvalue weighted by Gasteiger charge is 2.25. The largest absolute Gasteiger partial charge is 0.355 e. The molecule has 3 aromatic heterocycles. The number of fused-ring (bicyclic) bond motifs is 1. The molecule has 1 aliphatic rings. The van der Waals surface area contributed by atoms with Gasteiger partial charge in [-0.1, -0.05) is 35.5 Å². The predicted molar refractivity (Wildman–Crippen MR) is 129 cm³/mol. The second-order valence-corrected chi connectivity index (χ2v) is 8.70. The maximum Gasteiger partial charge on any atom is 0.128 e. The molecule has 0 radical (unpaired) electrons. The van der Waals surface area contributed by atoms with Gasteiger partial charge in [0.2, 0.25) is 0 Å². The summed E-state index contributed by atoms with van der Waals surface area (Å²) in [5.74, 6) is 0.939. The van der Waals surface area contributed by atoms with Gasteiger partial charge in [0, 0.05) is 32.5 Å². The molecular formula is C26H29N7. The molecule has 168 valence electrons. The molecule has 1 aliphatic carbocycles. The van der Waals surface area contributed by atoms with Crippen LogP contribution in [0.5, 0.6) is 0 Å². The third-order valence-electron chi connectivity index (χ3n) is 6.34. The molecule has 0 amide bonds. The highest BCUT2D eigenvalue weighted by atomic mass is 15.4. The van der Waals surface area contributed by atoms with Crippen LogP contribution in [0.2, 0.25) is 0 Å². The van der Waals surface area contributed by atoms with Crippen LogP contribution in [0.1, 0.15) is 41.4 Å². The van der Waals surface area contributed by atoms with Gasteiger partial charge in [0.15, 0.2) is 0 Å². The fraction of sp³-hybridized carbons (Fsp3) is 0.308. The van der Waals surface area contributed by atoms with Crippen molar-refractivity contribution in [1.29, 1.82) is 0 Å². The molecule has 7 heteroatoms. The predicted octanol–water partition coefficient (Wildman–Crippen LogP) is 4.20. The number of nitrogens with zero attached hydrogens (tertiary/aromatic N) is 7. The molecule has 4 aromatic rings. The first kappa shape index (κ1) is 21.3. The number of anilines is 1. The van der Waals surface area contributed by atoms with Crippen molar-refractivity contribution in [2.75, 3.05) is 19.0 Å². The number of hydrogen-bond donors (Lipinski definition) is 0. The van der Waals surface area contributed by atoms with E-state index in [0.29, 0.717) is 6.04 Å². The minimum absolute atomic E-state index is 0.319. The Labute approximate surface area is 194 Å². The molecule has 0 N–H and O–H groups in total. The highest BCUT2D eigenvalue weighted by molar-refractivity contribution is 5.45. The van der Waals surface area contributed by atoms with Crippen LogP contribution in [0.15, 0.2) is 73.2 Å². The second-order valence-electron chi connectivity index (χ2n) is 8.70. The Morgan fingerprint density at radius 3 is 2.67 bits per heavy atom. The summed E-state index contributed by atoms with van der Waals surface area (Å²) in [5, 5.41) is 8.95. The lowest BCUT2D eigenvalue weighted by molar-refractivity contribution is 0.206. The Morgan fingerprint density at radius 1 is 0.939 bits per heavy atom. The molecule has 1 aromatic carbocycles. The van der Waals surface area contributed by atoms with Gasteiger partial charge in [-0.2, -0.15) is 0 Å². The van der Waals surface area contributed by atoms with Gasteiger partial charge in [0.05, 0.1) is 29.3 Å². The SMILES string of the molecule is CN(Cc1ccccc1-n1cc(CN(C)C2CCCc3cccnc32)nn1)c1ccccn1. The third kappa shape index (κ3) is 4.64. The van der Waals surface area contributed by atoms with Gasteiger partial charge in [-0.15, -0.1) is 5.10 Å². The number of rotatable bonds is 7. The molecular weight excluding hydrogens is 410 g/mol. The molecule has 0 fully saturated rings. The Morgan fingerprint density at radius 2 is 1.79 bits per heavy atom. The van der Waals surface area contributed by atoms with Crippen LogP contribution in [-0.4, -0.2) is 44.0 Å². The molecule has 7 nitrogen and oxygen atoms in total. The number of aromatic nitrogens is 5. The van der Waals surface area contributed by atoms with Gasteiger partial charge in [-0.25, -0.2) is 9.67 Å². The van der Waals surface area contributed by atoms with Crippen molar-refractivity contribution in [3.63, 3.8) is 0 Å². The Kier molecular flexibility index (Phi) is 6.13. The number of hydrogen-bond acceptors (Lipinski definition) is 6. The Balaban J connectivity index is 1.33. The van der Waals surface area contributed by atoms with Gasteiger partial charge in [0.25, 0.3) is 0 Å². The first-order valence-corrected chi connectivity index (χ1v) is 11.4. The lowest BCUT2D eigenvalue weighted by Crippen LogP contribution is -2.28. The summed E-state index contributed by atoms with van der Waals surface area (Å²) in [4.78, 5) is 13.6. The van der Waals surface area contributed by atoms with Crippen molar-refractivity contribution in [2.45, 2.75) is 38.4 Å². The molecule has 33 heavy (non-hydrogen) atoms. The van der Waals surface area contributed by atoms with Gasteiger partial charge >= 0.3 is 0 Å². The average molecular weight is 440 g/mol. The van der Waals surface area contributed by atoms with Crippen LogP contribution < -0.4 is 4.90 Å². The van der Waals surface area contributed by atoms with E-state index in [4.69, 9.17) is 0 Å². The van der Waals surface area contributed by atoms with Crippen LogP contribution in [0, 0.1) is 0 Å². The maximum atomic E-state index is 4.69. The van der Waals surface area contributed by atoms with Crippen molar-refractivity contribution in [1.82, 2.24) is 29.9 Å². The molecule has 0 saturated heterocycles. The van der Waals surface area contributed by atoms with Gasteiger partial charge in [-0.3, -0.25) is 9.88 Å². The number of para-hydroxylation sites is 1. The van der Waals surface area contributed by atoms with E-state index in [1.54, 1.807) is 0 Å². The van der Waals surface area contributed by atoms with E-state index >= 15 is 0 Å². The molecule has 1 unspecified atom stereocenters. The fourth-order valence-corrected chi connectivity index (χ4v) is 4.65.